The SMILES string of the molecule is Cc1cccn(Cc2sccc2C#CCCO)c1=O. The van der Waals surface area contributed by atoms with Crippen LogP contribution in [0.4, 0.5) is 0 Å². The van der Waals surface area contributed by atoms with Gasteiger partial charge in [-0.2, -0.15) is 0 Å². The highest BCUT2D eigenvalue weighted by Gasteiger charge is 2.05. The Hall–Kier alpha value is -1.83. The quantitative estimate of drug-likeness (QED) is 0.869. The molecule has 0 spiro atoms. The maximum Gasteiger partial charge on any atom is 0.253 e. The van der Waals surface area contributed by atoms with Crippen LogP contribution in [0.5, 0.6) is 0 Å². The molecule has 0 radical (unpaired) electrons. The van der Waals surface area contributed by atoms with Gasteiger partial charge in [-0.1, -0.05) is 17.9 Å². The van der Waals surface area contributed by atoms with Crippen molar-refractivity contribution in [3.05, 3.63) is 56.1 Å². The fourth-order valence-electron chi connectivity index (χ4n) is 1.72. The lowest BCUT2D eigenvalue weighted by Gasteiger charge is -2.05. The molecule has 0 aliphatic heterocycles. The van der Waals surface area contributed by atoms with Crippen LogP contribution in [0.2, 0.25) is 0 Å². The predicted molar refractivity (Wildman–Crippen MR) is 77.4 cm³/mol. The van der Waals surface area contributed by atoms with Gasteiger partial charge in [0.05, 0.1) is 13.2 Å². The highest BCUT2D eigenvalue weighted by atomic mass is 32.1. The van der Waals surface area contributed by atoms with Gasteiger partial charge in [0.1, 0.15) is 0 Å². The number of rotatable bonds is 3. The van der Waals surface area contributed by atoms with E-state index in [1.54, 1.807) is 22.1 Å². The summed E-state index contributed by atoms with van der Waals surface area (Å²) in [5.41, 5.74) is 1.71. The summed E-state index contributed by atoms with van der Waals surface area (Å²) < 4.78 is 1.69. The van der Waals surface area contributed by atoms with E-state index in [1.165, 1.54) is 0 Å². The first-order chi connectivity index (χ1) is 9.22. The molecule has 0 fully saturated rings. The van der Waals surface area contributed by atoms with E-state index in [-0.39, 0.29) is 12.2 Å². The van der Waals surface area contributed by atoms with E-state index in [2.05, 4.69) is 11.8 Å². The second-order valence-corrected chi connectivity index (χ2v) is 5.16. The Balaban J connectivity index is 2.25. The van der Waals surface area contributed by atoms with E-state index in [4.69, 9.17) is 5.11 Å². The summed E-state index contributed by atoms with van der Waals surface area (Å²) in [5, 5.41) is 10.7. The number of aliphatic hydroxyl groups excluding tert-OH is 1. The first kappa shape index (κ1) is 13.6. The fraction of sp³-hybridized carbons (Fsp3) is 0.267. The van der Waals surface area contributed by atoms with Crippen molar-refractivity contribution >= 4 is 11.3 Å². The van der Waals surface area contributed by atoms with Gasteiger partial charge in [-0.3, -0.25) is 4.79 Å². The summed E-state index contributed by atoms with van der Waals surface area (Å²) in [7, 11) is 0. The lowest BCUT2D eigenvalue weighted by molar-refractivity contribution is 0.305. The van der Waals surface area contributed by atoms with Crippen LogP contribution in [0.25, 0.3) is 0 Å². The standard InChI is InChI=1S/C15H15NO2S/c1-12-5-4-8-16(15(12)18)11-14-13(7-10-19-14)6-2-3-9-17/h4-5,7-8,10,17H,3,9,11H2,1H3. The highest BCUT2D eigenvalue weighted by Crippen LogP contribution is 2.16. The first-order valence-corrected chi connectivity index (χ1v) is 6.92. The Morgan fingerprint density at radius 3 is 3.05 bits per heavy atom. The van der Waals surface area contributed by atoms with Gasteiger partial charge < -0.3 is 9.67 Å². The average Bonchev–Trinajstić information content (AvgIpc) is 2.83. The van der Waals surface area contributed by atoms with E-state index in [0.717, 1.165) is 16.0 Å². The molecule has 0 atom stereocenters. The van der Waals surface area contributed by atoms with E-state index < -0.39 is 0 Å². The van der Waals surface area contributed by atoms with Crippen molar-refractivity contribution in [2.24, 2.45) is 0 Å². The van der Waals surface area contributed by atoms with Crippen LogP contribution < -0.4 is 5.56 Å². The van der Waals surface area contributed by atoms with Crippen molar-refractivity contribution in [1.82, 2.24) is 4.57 Å². The third kappa shape index (κ3) is 3.34. The third-order valence-electron chi connectivity index (χ3n) is 2.73. The van der Waals surface area contributed by atoms with Crippen LogP contribution in [-0.2, 0) is 6.54 Å². The Bertz CT molecular complexity index is 673. The molecule has 0 aromatic carbocycles. The predicted octanol–water partition coefficient (Wildman–Crippen LogP) is 2.00. The zero-order valence-corrected chi connectivity index (χ0v) is 11.5. The Labute approximate surface area is 116 Å². The van der Waals surface area contributed by atoms with Gasteiger partial charge in [-0.25, -0.2) is 0 Å². The van der Waals surface area contributed by atoms with Gasteiger partial charge >= 0.3 is 0 Å². The van der Waals surface area contributed by atoms with Gasteiger partial charge in [0.2, 0.25) is 0 Å². The van der Waals surface area contributed by atoms with E-state index in [9.17, 15) is 4.79 Å². The van der Waals surface area contributed by atoms with Gasteiger partial charge in [-0.05, 0) is 24.4 Å². The molecule has 2 rings (SSSR count). The Kier molecular flexibility index (Phi) is 4.56. The number of hydrogen-bond donors (Lipinski definition) is 1. The van der Waals surface area contributed by atoms with Crippen LogP contribution >= 0.6 is 11.3 Å². The zero-order chi connectivity index (χ0) is 13.7. The number of hydrogen-bond acceptors (Lipinski definition) is 3. The molecule has 4 heteroatoms. The topological polar surface area (TPSA) is 42.2 Å². The second-order valence-electron chi connectivity index (χ2n) is 4.16. The van der Waals surface area contributed by atoms with Crippen molar-refractivity contribution in [3.8, 4) is 11.8 Å². The molecule has 0 bridgehead atoms. The molecular weight excluding hydrogens is 258 g/mol. The molecule has 2 aromatic rings. The van der Waals surface area contributed by atoms with Gasteiger partial charge in [0.25, 0.3) is 5.56 Å². The minimum absolute atomic E-state index is 0.0326. The second kappa shape index (κ2) is 6.37. The summed E-state index contributed by atoms with van der Waals surface area (Å²) in [5.74, 6) is 5.94. The molecule has 98 valence electrons. The molecule has 0 saturated carbocycles. The maximum absolute atomic E-state index is 12.0. The smallest absolute Gasteiger partial charge is 0.253 e. The van der Waals surface area contributed by atoms with Crippen LogP contribution in [-0.4, -0.2) is 16.3 Å². The van der Waals surface area contributed by atoms with Crippen molar-refractivity contribution in [2.75, 3.05) is 6.61 Å². The zero-order valence-electron chi connectivity index (χ0n) is 10.7. The normalized spacial score (nSPS) is 10.0. The number of aromatic nitrogens is 1. The van der Waals surface area contributed by atoms with E-state index in [0.29, 0.717) is 13.0 Å². The number of aryl methyl sites for hydroxylation is 1. The molecule has 3 nitrogen and oxygen atoms in total. The number of nitrogens with zero attached hydrogens (tertiary/aromatic N) is 1. The lowest BCUT2D eigenvalue weighted by atomic mass is 10.2. The van der Waals surface area contributed by atoms with Crippen molar-refractivity contribution in [2.45, 2.75) is 19.9 Å². The number of pyridine rings is 1. The number of thiophene rings is 1. The summed E-state index contributed by atoms with van der Waals surface area (Å²) in [4.78, 5) is 13.0. The monoisotopic (exact) mass is 273 g/mol. The molecule has 2 heterocycles. The minimum Gasteiger partial charge on any atom is -0.395 e. The molecule has 0 saturated heterocycles. The van der Waals surface area contributed by atoms with Gasteiger partial charge in [0.15, 0.2) is 0 Å². The molecule has 0 unspecified atom stereocenters. The maximum atomic E-state index is 12.0. The molecule has 19 heavy (non-hydrogen) atoms. The van der Waals surface area contributed by atoms with Crippen LogP contribution in [0.15, 0.2) is 34.6 Å². The third-order valence-corrected chi connectivity index (χ3v) is 3.64. The molecular formula is C15H15NO2S. The summed E-state index contributed by atoms with van der Waals surface area (Å²) in [6.45, 7) is 2.43. The fourth-order valence-corrected chi connectivity index (χ4v) is 2.55. The van der Waals surface area contributed by atoms with E-state index in [1.807, 2.05) is 30.5 Å². The van der Waals surface area contributed by atoms with Crippen molar-refractivity contribution in [1.29, 1.82) is 0 Å². The lowest BCUT2D eigenvalue weighted by Crippen LogP contribution is -2.21. The highest BCUT2D eigenvalue weighted by molar-refractivity contribution is 7.10. The molecule has 1 N–H and O–H groups in total. The average molecular weight is 273 g/mol. The number of aliphatic hydroxyl groups is 1. The van der Waals surface area contributed by atoms with Crippen LogP contribution in [0.3, 0.4) is 0 Å². The largest absolute Gasteiger partial charge is 0.395 e. The molecule has 0 aliphatic rings. The summed E-state index contributed by atoms with van der Waals surface area (Å²) >= 11 is 1.59. The summed E-state index contributed by atoms with van der Waals surface area (Å²) in [6.07, 6.45) is 2.26. The van der Waals surface area contributed by atoms with Gasteiger partial charge in [0, 0.05) is 28.6 Å². The minimum atomic E-state index is 0.0326. The van der Waals surface area contributed by atoms with Crippen molar-refractivity contribution in [3.63, 3.8) is 0 Å². The molecule has 0 amide bonds. The Morgan fingerprint density at radius 1 is 1.42 bits per heavy atom. The van der Waals surface area contributed by atoms with Crippen LogP contribution in [0.1, 0.15) is 22.4 Å². The first-order valence-electron chi connectivity index (χ1n) is 6.04. The summed E-state index contributed by atoms with van der Waals surface area (Å²) in [6, 6.07) is 5.64. The molecule has 2 aromatic heterocycles. The van der Waals surface area contributed by atoms with E-state index >= 15 is 0 Å². The Morgan fingerprint density at radius 2 is 2.26 bits per heavy atom. The molecule has 0 aliphatic carbocycles. The van der Waals surface area contributed by atoms with Crippen LogP contribution in [0, 0.1) is 18.8 Å². The van der Waals surface area contributed by atoms with Gasteiger partial charge in [-0.15, -0.1) is 11.3 Å². The van der Waals surface area contributed by atoms with Crippen molar-refractivity contribution < 1.29 is 5.11 Å².